The van der Waals surface area contributed by atoms with Gasteiger partial charge in [0.05, 0.1) is 5.69 Å². The van der Waals surface area contributed by atoms with Crippen LogP contribution in [0.3, 0.4) is 0 Å². The van der Waals surface area contributed by atoms with Gasteiger partial charge in [-0.3, -0.25) is 0 Å². The first kappa shape index (κ1) is 32.7. The molecule has 1 heteroatoms. The Bertz CT molecular complexity index is 2650. The fraction of sp³-hybridized carbons (Fsp3) is 0.170. The molecule has 54 heavy (non-hydrogen) atoms. The van der Waals surface area contributed by atoms with Crippen molar-refractivity contribution in [1.29, 1.82) is 0 Å². The molecule has 0 saturated heterocycles. The molecular formula is C53H45N. The molecule has 1 fully saturated rings. The summed E-state index contributed by atoms with van der Waals surface area (Å²) in [5, 5.41) is 4.99. The number of fused-ring (bicyclic) bond motifs is 5. The van der Waals surface area contributed by atoms with E-state index in [1.54, 1.807) is 0 Å². The van der Waals surface area contributed by atoms with Crippen molar-refractivity contribution in [2.75, 3.05) is 4.90 Å². The molecule has 0 unspecified atom stereocenters. The third-order valence-corrected chi connectivity index (χ3v) is 12.5. The lowest BCUT2D eigenvalue weighted by molar-refractivity contribution is 0.443. The van der Waals surface area contributed by atoms with Gasteiger partial charge in [-0.25, -0.2) is 0 Å². The topological polar surface area (TPSA) is 3.24 Å². The zero-order chi connectivity index (χ0) is 36.2. The van der Waals surface area contributed by atoms with E-state index in [-0.39, 0.29) is 5.41 Å². The molecule has 0 spiro atoms. The predicted molar refractivity (Wildman–Crippen MR) is 230 cm³/mol. The normalized spacial score (nSPS) is 14.9. The van der Waals surface area contributed by atoms with Gasteiger partial charge in [-0.2, -0.15) is 0 Å². The Morgan fingerprint density at radius 2 is 1.06 bits per heavy atom. The minimum Gasteiger partial charge on any atom is -0.310 e. The Hall–Kier alpha value is -5.92. The fourth-order valence-electron chi connectivity index (χ4n) is 9.62. The maximum atomic E-state index is 2.50. The quantitative estimate of drug-likeness (QED) is 0.167. The SMILES string of the molecule is CC1(C)c2ccccc2-c2ccc(N(c3ccc(-c4ccc(C5CCCCC5)cc4)cc3)c3ccc4ccccc4c3-c3cccc4ccccc34)cc21. The van der Waals surface area contributed by atoms with Crippen LogP contribution in [0.1, 0.15) is 68.6 Å². The molecule has 0 N–H and O–H groups in total. The first-order valence-electron chi connectivity index (χ1n) is 19.8. The molecule has 8 aromatic carbocycles. The van der Waals surface area contributed by atoms with Gasteiger partial charge in [-0.1, -0.05) is 173 Å². The van der Waals surface area contributed by atoms with Crippen LogP contribution in [-0.4, -0.2) is 0 Å². The lowest BCUT2D eigenvalue weighted by Gasteiger charge is -2.31. The van der Waals surface area contributed by atoms with E-state index in [1.165, 1.54) is 109 Å². The largest absolute Gasteiger partial charge is 0.310 e. The predicted octanol–water partition coefficient (Wildman–Crippen LogP) is 15.2. The van der Waals surface area contributed by atoms with Gasteiger partial charge in [-0.15, -0.1) is 0 Å². The molecule has 0 bridgehead atoms. The molecule has 10 rings (SSSR count). The lowest BCUT2D eigenvalue weighted by atomic mass is 9.82. The number of hydrogen-bond donors (Lipinski definition) is 0. The van der Waals surface area contributed by atoms with Gasteiger partial charge in [0.1, 0.15) is 0 Å². The fourth-order valence-corrected chi connectivity index (χ4v) is 9.62. The minimum atomic E-state index is -0.108. The van der Waals surface area contributed by atoms with E-state index in [0.717, 1.165) is 11.4 Å². The average molecular weight is 696 g/mol. The second-order valence-electron chi connectivity index (χ2n) is 15.9. The summed E-state index contributed by atoms with van der Waals surface area (Å²) >= 11 is 0. The number of benzene rings is 8. The average Bonchev–Trinajstić information content (AvgIpc) is 3.46. The van der Waals surface area contributed by atoms with Crippen molar-refractivity contribution in [2.45, 2.75) is 57.3 Å². The van der Waals surface area contributed by atoms with E-state index >= 15 is 0 Å². The molecule has 0 amide bonds. The van der Waals surface area contributed by atoms with E-state index in [9.17, 15) is 0 Å². The molecule has 262 valence electrons. The Morgan fingerprint density at radius 3 is 1.83 bits per heavy atom. The van der Waals surface area contributed by atoms with E-state index in [2.05, 4.69) is 189 Å². The Balaban J connectivity index is 1.16. The van der Waals surface area contributed by atoms with Crippen LogP contribution in [-0.2, 0) is 5.41 Å². The van der Waals surface area contributed by atoms with Crippen molar-refractivity contribution in [3.63, 3.8) is 0 Å². The van der Waals surface area contributed by atoms with Crippen molar-refractivity contribution < 1.29 is 0 Å². The van der Waals surface area contributed by atoms with Gasteiger partial charge >= 0.3 is 0 Å². The monoisotopic (exact) mass is 695 g/mol. The summed E-state index contributed by atoms with van der Waals surface area (Å²) in [5.74, 6) is 0.715. The minimum absolute atomic E-state index is 0.108. The number of hydrogen-bond acceptors (Lipinski definition) is 1. The van der Waals surface area contributed by atoms with Gasteiger partial charge in [0.25, 0.3) is 0 Å². The molecule has 0 heterocycles. The van der Waals surface area contributed by atoms with Crippen molar-refractivity contribution in [2.24, 2.45) is 0 Å². The Morgan fingerprint density at radius 1 is 0.463 bits per heavy atom. The standard InChI is InChI=1S/C53H45N/c1-53(2)49-22-11-10-20-46(49)47-33-32-43(35-50(47)53)54(42-30-27-39(28-31-42)38-25-23-37(24-26-38)36-13-4-3-5-14-36)51-34-29-41-16-7-9-19-45(41)52(51)48-21-12-17-40-15-6-8-18-44(40)48/h6-12,15-36H,3-5,13-14H2,1-2H3. The third-order valence-electron chi connectivity index (χ3n) is 12.5. The van der Waals surface area contributed by atoms with Gasteiger partial charge in [0.2, 0.25) is 0 Å². The summed E-state index contributed by atoms with van der Waals surface area (Å²) < 4.78 is 0. The van der Waals surface area contributed by atoms with Crippen LogP contribution in [0.15, 0.2) is 170 Å². The molecule has 2 aliphatic rings. The number of rotatable bonds is 6. The summed E-state index contributed by atoms with van der Waals surface area (Å²) in [5.41, 5.74) is 15.3. The number of anilines is 3. The van der Waals surface area contributed by atoms with Crippen LogP contribution in [0, 0.1) is 0 Å². The zero-order valence-corrected chi connectivity index (χ0v) is 31.2. The molecule has 0 aliphatic heterocycles. The van der Waals surface area contributed by atoms with Gasteiger partial charge < -0.3 is 4.90 Å². The Kier molecular flexibility index (Phi) is 7.99. The van der Waals surface area contributed by atoms with Crippen LogP contribution in [0.25, 0.3) is 54.9 Å². The first-order chi connectivity index (χ1) is 26.5. The smallest absolute Gasteiger partial charge is 0.0546 e. The maximum absolute atomic E-state index is 2.50. The molecular weight excluding hydrogens is 651 g/mol. The van der Waals surface area contributed by atoms with Crippen LogP contribution in [0.4, 0.5) is 17.1 Å². The second-order valence-corrected chi connectivity index (χ2v) is 15.9. The highest BCUT2D eigenvalue weighted by molar-refractivity contribution is 6.11. The van der Waals surface area contributed by atoms with Crippen LogP contribution in [0.5, 0.6) is 0 Å². The third kappa shape index (κ3) is 5.45. The zero-order valence-electron chi connectivity index (χ0n) is 31.2. The summed E-state index contributed by atoms with van der Waals surface area (Å²) in [4.78, 5) is 2.50. The number of nitrogens with zero attached hydrogens (tertiary/aromatic N) is 1. The molecule has 2 aliphatic carbocycles. The van der Waals surface area contributed by atoms with Crippen molar-refractivity contribution in [3.05, 3.63) is 187 Å². The highest BCUT2D eigenvalue weighted by Gasteiger charge is 2.36. The van der Waals surface area contributed by atoms with Crippen molar-refractivity contribution in [1.82, 2.24) is 0 Å². The van der Waals surface area contributed by atoms with Crippen LogP contribution >= 0.6 is 0 Å². The van der Waals surface area contributed by atoms with Gasteiger partial charge in [-0.05, 0) is 115 Å². The summed E-state index contributed by atoms with van der Waals surface area (Å²) in [6.07, 6.45) is 6.76. The summed E-state index contributed by atoms with van der Waals surface area (Å²) in [6, 6.07) is 63.7. The first-order valence-corrected chi connectivity index (χ1v) is 19.8. The molecule has 1 saturated carbocycles. The van der Waals surface area contributed by atoms with Crippen LogP contribution < -0.4 is 4.90 Å². The highest BCUT2D eigenvalue weighted by Crippen LogP contribution is 2.52. The van der Waals surface area contributed by atoms with E-state index in [1.807, 2.05) is 0 Å². The highest BCUT2D eigenvalue weighted by atomic mass is 15.1. The van der Waals surface area contributed by atoms with Crippen molar-refractivity contribution in [3.8, 4) is 33.4 Å². The molecule has 0 radical (unpaired) electrons. The van der Waals surface area contributed by atoms with E-state index in [0.29, 0.717) is 5.92 Å². The maximum Gasteiger partial charge on any atom is 0.0546 e. The van der Waals surface area contributed by atoms with Crippen LogP contribution in [0.2, 0.25) is 0 Å². The Labute approximate surface area is 319 Å². The van der Waals surface area contributed by atoms with E-state index < -0.39 is 0 Å². The lowest BCUT2D eigenvalue weighted by Crippen LogP contribution is -2.17. The van der Waals surface area contributed by atoms with E-state index in [4.69, 9.17) is 0 Å². The second kappa shape index (κ2) is 13.2. The molecule has 1 nitrogen and oxygen atoms in total. The van der Waals surface area contributed by atoms with Gasteiger partial charge in [0.15, 0.2) is 0 Å². The summed E-state index contributed by atoms with van der Waals surface area (Å²) in [7, 11) is 0. The summed E-state index contributed by atoms with van der Waals surface area (Å²) in [6.45, 7) is 4.75. The van der Waals surface area contributed by atoms with Crippen molar-refractivity contribution >= 4 is 38.6 Å². The molecule has 8 aromatic rings. The molecule has 0 aromatic heterocycles. The molecule has 0 atom stereocenters. The van der Waals surface area contributed by atoms with Gasteiger partial charge in [0, 0.05) is 22.4 Å².